The Bertz CT molecular complexity index is 579. The SMILES string of the molecule is CCCOc1ccc(OCc2c(Br)c(C)nn2CC)cc1. The Morgan fingerprint density at radius 3 is 2.29 bits per heavy atom. The number of nitrogens with zero attached hydrogens (tertiary/aromatic N) is 2. The van der Waals surface area contributed by atoms with Crippen molar-refractivity contribution in [3.63, 3.8) is 0 Å². The van der Waals surface area contributed by atoms with E-state index in [-0.39, 0.29) is 0 Å². The standard InChI is InChI=1S/C16H21BrN2O2/c1-4-10-20-13-6-8-14(9-7-13)21-11-15-16(17)12(3)18-19(15)5-2/h6-9H,4-5,10-11H2,1-3H3. The number of ether oxygens (including phenoxy) is 2. The van der Waals surface area contributed by atoms with Gasteiger partial charge < -0.3 is 9.47 Å². The van der Waals surface area contributed by atoms with E-state index in [2.05, 4.69) is 34.9 Å². The third-order valence-electron chi connectivity index (χ3n) is 3.12. The Morgan fingerprint density at radius 2 is 1.71 bits per heavy atom. The van der Waals surface area contributed by atoms with Crippen LogP contribution in [0.2, 0.25) is 0 Å². The van der Waals surface area contributed by atoms with Crippen LogP contribution in [0.5, 0.6) is 11.5 Å². The van der Waals surface area contributed by atoms with Crippen LogP contribution in [0.4, 0.5) is 0 Å². The number of benzene rings is 1. The van der Waals surface area contributed by atoms with E-state index in [0.29, 0.717) is 6.61 Å². The number of rotatable bonds is 7. The van der Waals surface area contributed by atoms with Crippen molar-refractivity contribution in [2.75, 3.05) is 6.61 Å². The molecule has 0 unspecified atom stereocenters. The summed E-state index contributed by atoms with van der Waals surface area (Å²) in [5.41, 5.74) is 2.04. The lowest BCUT2D eigenvalue weighted by atomic mass is 10.3. The van der Waals surface area contributed by atoms with Gasteiger partial charge in [-0.1, -0.05) is 6.92 Å². The first-order chi connectivity index (χ1) is 10.2. The number of aromatic nitrogens is 2. The van der Waals surface area contributed by atoms with Crippen LogP contribution in [0, 0.1) is 6.92 Å². The lowest BCUT2D eigenvalue weighted by Gasteiger charge is -2.09. The number of halogens is 1. The zero-order valence-electron chi connectivity index (χ0n) is 12.7. The molecule has 1 aromatic carbocycles. The zero-order valence-corrected chi connectivity index (χ0v) is 14.3. The molecule has 0 spiro atoms. The molecule has 1 heterocycles. The van der Waals surface area contributed by atoms with Gasteiger partial charge >= 0.3 is 0 Å². The second kappa shape index (κ2) is 7.50. The van der Waals surface area contributed by atoms with Gasteiger partial charge in [0.2, 0.25) is 0 Å². The van der Waals surface area contributed by atoms with Gasteiger partial charge in [0.15, 0.2) is 0 Å². The molecule has 0 aliphatic heterocycles. The highest BCUT2D eigenvalue weighted by Gasteiger charge is 2.12. The summed E-state index contributed by atoms with van der Waals surface area (Å²) in [5, 5.41) is 4.46. The number of hydrogen-bond acceptors (Lipinski definition) is 3. The third-order valence-corrected chi connectivity index (χ3v) is 4.16. The lowest BCUT2D eigenvalue weighted by molar-refractivity contribution is 0.289. The molecule has 114 valence electrons. The van der Waals surface area contributed by atoms with Gasteiger partial charge in [0.05, 0.1) is 22.5 Å². The van der Waals surface area contributed by atoms with Crippen molar-refractivity contribution in [3.05, 3.63) is 40.1 Å². The normalized spacial score (nSPS) is 10.7. The smallest absolute Gasteiger partial charge is 0.131 e. The van der Waals surface area contributed by atoms with Gasteiger partial charge in [0, 0.05) is 6.54 Å². The summed E-state index contributed by atoms with van der Waals surface area (Å²) in [6, 6.07) is 7.72. The van der Waals surface area contributed by atoms with E-state index >= 15 is 0 Å². The average molecular weight is 353 g/mol. The Morgan fingerprint density at radius 1 is 1.10 bits per heavy atom. The van der Waals surface area contributed by atoms with Gasteiger partial charge in [0.1, 0.15) is 18.1 Å². The Kier molecular flexibility index (Phi) is 5.67. The number of aryl methyl sites for hydroxylation is 2. The van der Waals surface area contributed by atoms with Crippen molar-refractivity contribution in [2.24, 2.45) is 0 Å². The first kappa shape index (κ1) is 15.9. The molecule has 0 amide bonds. The van der Waals surface area contributed by atoms with Crippen LogP contribution < -0.4 is 9.47 Å². The highest BCUT2D eigenvalue weighted by Crippen LogP contribution is 2.24. The highest BCUT2D eigenvalue weighted by atomic mass is 79.9. The molecule has 0 saturated carbocycles. The fraction of sp³-hybridized carbons (Fsp3) is 0.438. The molecule has 5 heteroatoms. The molecule has 0 aliphatic carbocycles. The van der Waals surface area contributed by atoms with Crippen molar-refractivity contribution in [1.82, 2.24) is 9.78 Å². The highest BCUT2D eigenvalue weighted by molar-refractivity contribution is 9.10. The van der Waals surface area contributed by atoms with Crippen molar-refractivity contribution < 1.29 is 9.47 Å². The van der Waals surface area contributed by atoms with E-state index in [4.69, 9.17) is 9.47 Å². The Balaban J connectivity index is 2.00. The van der Waals surface area contributed by atoms with Gasteiger partial charge in [-0.3, -0.25) is 4.68 Å². The van der Waals surface area contributed by atoms with Crippen molar-refractivity contribution in [2.45, 2.75) is 40.3 Å². The largest absolute Gasteiger partial charge is 0.494 e. The predicted octanol–water partition coefficient (Wildman–Crippen LogP) is 4.34. The molecule has 2 rings (SSSR count). The topological polar surface area (TPSA) is 36.3 Å². The van der Waals surface area contributed by atoms with Gasteiger partial charge in [-0.2, -0.15) is 5.10 Å². The first-order valence-corrected chi connectivity index (χ1v) is 8.02. The minimum absolute atomic E-state index is 0.491. The molecule has 0 radical (unpaired) electrons. The van der Waals surface area contributed by atoms with Gasteiger partial charge in [-0.05, 0) is 60.5 Å². The Labute approximate surface area is 134 Å². The van der Waals surface area contributed by atoms with Crippen LogP contribution in [0.1, 0.15) is 31.7 Å². The zero-order chi connectivity index (χ0) is 15.2. The average Bonchev–Trinajstić information content (AvgIpc) is 2.79. The van der Waals surface area contributed by atoms with Crippen LogP contribution >= 0.6 is 15.9 Å². The van der Waals surface area contributed by atoms with Gasteiger partial charge in [0.25, 0.3) is 0 Å². The van der Waals surface area contributed by atoms with E-state index in [1.807, 2.05) is 35.9 Å². The predicted molar refractivity (Wildman–Crippen MR) is 86.9 cm³/mol. The van der Waals surface area contributed by atoms with Gasteiger partial charge in [-0.15, -0.1) is 0 Å². The fourth-order valence-electron chi connectivity index (χ4n) is 2.01. The quantitative estimate of drug-likeness (QED) is 0.743. The maximum atomic E-state index is 5.84. The molecule has 0 atom stereocenters. The van der Waals surface area contributed by atoms with Crippen LogP contribution in [-0.2, 0) is 13.2 Å². The molecule has 4 nitrogen and oxygen atoms in total. The van der Waals surface area contributed by atoms with Gasteiger partial charge in [-0.25, -0.2) is 0 Å². The van der Waals surface area contributed by atoms with E-state index in [1.165, 1.54) is 0 Å². The van der Waals surface area contributed by atoms with Crippen LogP contribution in [0.3, 0.4) is 0 Å². The number of hydrogen-bond donors (Lipinski definition) is 0. The first-order valence-electron chi connectivity index (χ1n) is 7.23. The van der Waals surface area contributed by atoms with Crippen molar-refractivity contribution >= 4 is 15.9 Å². The minimum atomic E-state index is 0.491. The van der Waals surface area contributed by atoms with Crippen LogP contribution in [-0.4, -0.2) is 16.4 Å². The van der Waals surface area contributed by atoms with Crippen molar-refractivity contribution in [3.8, 4) is 11.5 Å². The molecular weight excluding hydrogens is 332 g/mol. The maximum Gasteiger partial charge on any atom is 0.131 e. The molecule has 0 bridgehead atoms. The monoisotopic (exact) mass is 352 g/mol. The van der Waals surface area contributed by atoms with E-state index in [9.17, 15) is 0 Å². The summed E-state index contributed by atoms with van der Waals surface area (Å²) >= 11 is 3.57. The molecule has 0 fully saturated rings. The summed E-state index contributed by atoms with van der Waals surface area (Å²) in [6.07, 6.45) is 1.01. The molecule has 0 aliphatic rings. The summed E-state index contributed by atoms with van der Waals surface area (Å²) in [5.74, 6) is 1.70. The van der Waals surface area contributed by atoms with Crippen LogP contribution in [0.25, 0.3) is 0 Å². The molecular formula is C16H21BrN2O2. The van der Waals surface area contributed by atoms with E-state index < -0.39 is 0 Å². The molecule has 21 heavy (non-hydrogen) atoms. The molecule has 0 N–H and O–H groups in total. The lowest BCUT2D eigenvalue weighted by Crippen LogP contribution is -2.06. The molecule has 2 aromatic rings. The second-order valence-electron chi connectivity index (χ2n) is 4.77. The summed E-state index contributed by atoms with van der Waals surface area (Å²) in [7, 11) is 0. The second-order valence-corrected chi connectivity index (χ2v) is 5.56. The molecule has 0 saturated heterocycles. The third kappa shape index (κ3) is 4.00. The summed E-state index contributed by atoms with van der Waals surface area (Å²) in [4.78, 5) is 0. The minimum Gasteiger partial charge on any atom is -0.494 e. The van der Waals surface area contributed by atoms with Crippen molar-refractivity contribution in [1.29, 1.82) is 0 Å². The van der Waals surface area contributed by atoms with Crippen LogP contribution in [0.15, 0.2) is 28.7 Å². The summed E-state index contributed by atoms with van der Waals surface area (Å²) < 4.78 is 14.4. The molecule has 1 aromatic heterocycles. The Hall–Kier alpha value is -1.49. The maximum absolute atomic E-state index is 5.84. The fourth-order valence-corrected chi connectivity index (χ4v) is 2.41. The summed E-state index contributed by atoms with van der Waals surface area (Å²) in [6.45, 7) is 8.21. The van der Waals surface area contributed by atoms with E-state index in [1.54, 1.807) is 0 Å². The van der Waals surface area contributed by atoms with E-state index in [0.717, 1.165) is 46.9 Å².